The molecule has 25 heavy (non-hydrogen) atoms. The van der Waals surface area contributed by atoms with E-state index in [0.29, 0.717) is 6.54 Å². The first-order valence-electron chi connectivity index (χ1n) is 9.50. The lowest BCUT2D eigenvalue weighted by Gasteiger charge is -2.24. The van der Waals surface area contributed by atoms with Crippen molar-refractivity contribution in [3.63, 3.8) is 0 Å². The zero-order valence-corrected chi connectivity index (χ0v) is 16.3. The molecule has 1 aromatic carbocycles. The van der Waals surface area contributed by atoms with Crippen LogP contribution in [0.3, 0.4) is 0 Å². The lowest BCUT2D eigenvalue weighted by molar-refractivity contribution is 0.249. The number of aryl methyl sites for hydroxylation is 1. The van der Waals surface area contributed by atoms with Crippen LogP contribution in [-0.2, 0) is 6.54 Å². The van der Waals surface area contributed by atoms with Crippen LogP contribution in [0.4, 0.5) is 0 Å². The topological polar surface area (TPSA) is 48.9 Å². The minimum Gasteiger partial charge on any atom is -0.496 e. The minimum absolute atomic E-state index is 0.608. The summed E-state index contributed by atoms with van der Waals surface area (Å²) >= 11 is 0. The van der Waals surface area contributed by atoms with Crippen molar-refractivity contribution in [2.45, 2.75) is 52.1 Å². The molecule has 1 aromatic rings. The smallest absolute Gasteiger partial charge is 0.191 e. The van der Waals surface area contributed by atoms with Gasteiger partial charge in [0.15, 0.2) is 5.96 Å². The third kappa shape index (κ3) is 6.24. The number of likely N-dealkylation sites (N-methyl/N-ethyl adjacent to an activating group) is 1. The summed E-state index contributed by atoms with van der Waals surface area (Å²) in [6.45, 7) is 7.58. The maximum atomic E-state index is 5.47. The maximum Gasteiger partial charge on any atom is 0.191 e. The molecule has 0 unspecified atom stereocenters. The number of guanidine groups is 1. The summed E-state index contributed by atoms with van der Waals surface area (Å²) in [7, 11) is 3.95. The number of hydrogen-bond acceptors (Lipinski definition) is 3. The lowest BCUT2D eigenvalue weighted by atomic mass is 10.1. The van der Waals surface area contributed by atoms with Crippen molar-refractivity contribution in [2.75, 3.05) is 33.8 Å². The van der Waals surface area contributed by atoms with Gasteiger partial charge >= 0.3 is 0 Å². The summed E-state index contributed by atoms with van der Waals surface area (Å²) in [6, 6.07) is 7.01. The average Bonchev–Trinajstić information content (AvgIpc) is 3.15. The van der Waals surface area contributed by atoms with Gasteiger partial charge in [-0.05, 0) is 45.4 Å². The van der Waals surface area contributed by atoms with Gasteiger partial charge in [-0.1, -0.05) is 25.0 Å². The number of nitrogens with zero attached hydrogens (tertiary/aromatic N) is 2. The van der Waals surface area contributed by atoms with Crippen molar-refractivity contribution in [3.8, 4) is 5.75 Å². The lowest BCUT2D eigenvalue weighted by Crippen LogP contribution is -2.42. The number of rotatable bonds is 8. The summed E-state index contributed by atoms with van der Waals surface area (Å²) in [6.07, 6.45) is 5.45. The standard InChI is InChI=1S/C20H34N4O/c1-5-21-20(22-12-13-24(3)18-8-6-7-9-18)23-15-17-11-10-16(2)14-19(17)25-4/h10-11,14,18H,5-9,12-13,15H2,1-4H3,(H2,21,22,23). The first-order chi connectivity index (χ1) is 12.1. The molecule has 0 saturated heterocycles. The molecule has 1 saturated carbocycles. The van der Waals surface area contributed by atoms with Crippen LogP contribution >= 0.6 is 0 Å². The Morgan fingerprint density at radius 1 is 1.28 bits per heavy atom. The Labute approximate surface area is 152 Å². The van der Waals surface area contributed by atoms with Crippen molar-refractivity contribution >= 4 is 5.96 Å². The fourth-order valence-corrected chi connectivity index (χ4v) is 3.37. The van der Waals surface area contributed by atoms with Crippen molar-refractivity contribution in [2.24, 2.45) is 4.99 Å². The van der Waals surface area contributed by atoms with E-state index in [4.69, 9.17) is 9.73 Å². The number of ether oxygens (including phenoxy) is 1. The number of nitrogens with one attached hydrogen (secondary N) is 2. The van der Waals surface area contributed by atoms with Crippen LogP contribution in [0.5, 0.6) is 5.75 Å². The number of methoxy groups -OCH3 is 1. The molecular weight excluding hydrogens is 312 g/mol. The number of hydrogen-bond donors (Lipinski definition) is 2. The van der Waals surface area contributed by atoms with E-state index >= 15 is 0 Å². The zero-order chi connectivity index (χ0) is 18.1. The van der Waals surface area contributed by atoms with Gasteiger partial charge in [0.25, 0.3) is 0 Å². The molecule has 0 amide bonds. The molecule has 1 aliphatic rings. The van der Waals surface area contributed by atoms with Gasteiger partial charge < -0.3 is 20.3 Å². The molecule has 0 radical (unpaired) electrons. The van der Waals surface area contributed by atoms with Crippen LogP contribution in [0.2, 0.25) is 0 Å². The van der Waals surface area contributed by atoms with Crippen LogP contribution in [-0.4, -0.2) is 50.7 Å². The normalized spacial score (nSPS) is 15.6. The highest BCUT2D eigenvalue weighted by atomic mass is 16.5. The minimum atomic E-state index is 0.608. The van der Waals surface area contributed by atoms with E-state index in [2.05, 4.69) is 54.6 Å². The molecule has 5 nitrogen and oxygen atoms in total. The molecule has 0 aliphatic heterocycles. The van der Waals surface area contributed by atoms with Crippen LogP contribution in [0.1, 0.15) is 43.7 Å². The second-order valence-electron chi connectivity index (χ2n) is 6.86. The average molecular weight is 347 g/mol. The van der Waals surface area contributed by atoms with E-state index in [1.807, 2.05) is 0 Å². The predicted octanol–water partition coefficient (Wildman–Crippen LogP) is 2.93. The van der Waals surface area contributed by atoms with Gasteiger partial charge in [0.2, 0.25) is 0 Å². The summed E-state index contributed by atoms with van der Waals surface area (Å²) in [4.78, 5) is 7.19. The molecule has 0 aromatic heterocycles. The Bertz CT molecular complexity index is 553. The van der Waals surface area contributed by atoms with Crippen LogP contribution in [0.15, 0.2) is 23.2 Å². The summed E-state index contributed by atoms with van der Waals surface area (Å²) in [5.41, 5.74) is 2.30. The molecule has 2 N–H and O–H groups in total. The molecule has 0 spiro atoms. The second-order valence-corrected chi connectivity index (χ2v) is 6.86. The highest BCUT2D eigenvalue weighted by molar-refractivity contribution is 5.79. The van der Waals surface area contributed by atoms with Crippen molar-refractivity contribution < 1.29 is 4.74 Å². The van der Waals surface area contributed by atoms with Gasteiger partial charge in [0, 0.05) is 31.2 Å². The van der Waals surface area contributed by atoms with Crippen molar-refractivity contribution in [1.82, 2.24) is 15.5 Å². The SMILES string of the molecule is CCNC(=NCc1ccc(C)cc1OC)NCCN(C)C1CCCC1. The predicted molar refractivity (Wildman–Crippen MR) is 105 cm³/mol. The Hall–Kier alpha value is -1.75. The van der Waals surface area contributed by atoms with Crippen LogP contribution < -0.4 is 15.4 Å². The van der Waals surface area contributed by atoms with E-state index < -0.39 is 0 Å². The van der Waals surface area contributed by atoms with Gasteiger partial charge in [0.1, 0.15) is 5.75 Å². The molecule has 5 heteroatoms. The van der Waals surface area contributed by atoms with Gasteiger partial charge in [-0.25, -0.2) is 4.99 Å². The summed E-state index contributed by atoms with van der Waals surface area (Å²) < 4.78 is 5.47. The molecule has 1 fully saturated rings. The van der Waals surface area contributed by atoms with E-state index in [1.165, 1.54) is 31.2 Å². The highest BCUT2D eigenvalue weighted by Gasteiger charge is 2.18. The summed E-state index contributed by atoms with van der Waals surface area (Å²) in [5.74, 6) is 1.77. The van der Waals surface area contributed by atoms with Crippen LogP contribution in [0.25, 0.3) is 0 Å². The van der Waals surface area contributed by atoms with Gasteiger partial charge in [-0.3, -0.25) is 0 Å². The monoisotopic (exact) mass is 346 g/mol. The van der Waals surface area contributed by atoms with E-state index in [0.717, 1.165) is 42.9 Å². The van der Waals surface area contributed by atoms with Crippen molar-refractivity contribution in [3.05, 3.63) is 29.3 Å². The third-order valence-corrected chi connectivity index (χ3v) is 4.90. The zero-order valence-electron chi connectivity index (χ0n) is 16.3. The Kier molecular flexibility index (Phi) is 8.06. The van der Waals surface area contributed by atoms with E-state index in [1.54, 1.807) is 7.11 Å². The third-order valence-electron chi connectivity index (χ3n) is 4.90. The largest absolute Gasteiger partial charge is 0.496 e. The Morgan fingerprint density at radius 3 is 2.72 bits per heavy atom. The first-order valence-corrected chi connectivity index (χ1v) is 9.50. The van der Waals surface area contributed by atoms with Gasteiger partial charge in [0.05, 0.1) is 13.7 Å². The second kappa shape index (κ2) is 10.3. The number of benzene rings is 1. The quantitative estimate of drug-likeness (QED) is 0.561. The molecule has 0 bridgehead atoms. The van der Waals surface area contributed by atoms with Gasteiger partial charge in [-0.15, -0.1) is 0 Å². The molecule has 0 heterocycles. The van der Waals surface area contributed by atoms with Crippen molar-refractivity contribution in [1.29, 1.82) is 0 Å². The van der Waals surface area contributed by atoms with Crippen LogP contribution in [0, 0.1) is 6.92 Å². The maximum absolute atomic E-state index is 5.47. The fraction of sp³-hybridized carbons (Fsp3) is 0.650. The molecule has 0 atom stereocenters. The molecule has 2 rings (SSSR count). The fourth-order valence-electron chi connectivity index (χ4n) is 3.37. The van der Waals surface area contributed by atoms with Gasteiger partial charge in [-0.2, -0.15) is 0 Å². The molecule has 1 aliphatic carbocycles. The number of aliphatic imine (C=N–C) groups is 1. The highest BCUT2D eigenvalue weighted by Crippen LogP contribution is 2.22. The molecule has 140 valence electrons. The first kappa shape index (κ1) is 19.6. The molecular formula is C20H34N4O. The Morgan fingerprint density at radius 2 is 2.04 bits per heavy atom. The van der Waals surface area contributed by atoms with E-state index in [-0.39, 0.29) is 0 Å². The van der Waals surface area contributed by atoms with E-state index in [9.17, 15) is 0 Å². The Balaban J connectivity index is 1.87. The summed E-state index contributed by atoms with van der Waals surface area (Å²) in [5, 5.41) is 6.78.